The summed E-state index contributed by atoms with van der Waals surface area (Å²) in [5.74, 6) is -0.929. The molecule has 156 valence electrons. The number of nitrogens with zero attached hydrogens (tertiary/aromatic N) is 1. The third-order valence-electron chi connectivity index (χ3n) is 4.51. The number of thioether (sulfide) groups is 1. The maximum atomic E-state index is 12.9. The quantitative estimate of drug-likeness (QED) is 0.493. The predicted molar refractivity (Wildman–Crippen MR) is 118 cm³/mol. The second-order valence-corrected chi connectivity index (χ2v) is 8.00. The van der Waals surface area contributed by atoms with Gasteiger partial charge in [0.15, 0.2) is 11.5 Å². The van der Waals surface area contributed by atoms with Gasteiger partial charge < -0.3 is 19.7 Å². The van der Waals surface area contributed by atoms with Crippen LogP contribution in [0.2, 0.25) is 0 Å². The Bertz CT molecular complexity index is 1030. The number of carbonyl (C=O) groups excluding carboxylic acids is 1. The van der Waals surface area contributed by atoms with Crippen molar-refractivity contribution < 1.29 is 29.3 Å². The summed E-state index contributed by atoms with van der Waals surface area (Å²) in [6.07, 6.45) is 2.07. The fraction of sp³-hybridized carbons (Fsp3) is 0.190. The molecule has 1 fully saturated rings. The van der Waals surface area contributed by atoms with Crippen LogP contribution < -0.4 is 9.47 Å². The molecule has 0 radical (unpaired) electrons. The molecular weight excluding hydrogens is 426 g/mol. The zero-order valence-corrected chi connectivity index (χ0v) is 17.9. The molecule has 0 spiro atoms. The second kappa shape index (κ2) is 9.19. The van der Waals surface area contributed by atoms with Gasteiger partial charge in [-0.2, -0.15) is 0 Å². The molecule has 1 aliphatic heterocycles. The standard InChI is InChI=1S/C21H19NO6S2/c1-27-15-8-5-13(17(20(25)26)18(15)28-2)11-16-19(24)22(21(29)30-16)10-9-12-3-6-14(23)7-4-12/h3-8,11,23H,9-10H2,1-2H3,(H,25,26)/b16-11+. The van der Waals surface area contributed by atoms with Gasteiger partial charge >= 0.3 is 5.97 Å². The number of hydrogen-bond acceptors (Lipinski definition) is 7. The van der Waals surface area contributed by atoms with E-state index in [0.29, 0.717) is 27.8 Å². The number of thiocarbonyl (C=S) groups is 1. The van der Waals surface area contributed by atoms with Crippen LogP contribution in [0.4, 0.5) is 0 Å². The van der Waals surface area contributed by atoms with E-state index in [-0.39, 0.29) is 28.7 Å². The van der Waals surface area contributed by atoms with E-state index in [2.05, 4.69) is 0 Å². The van der Waals surface area contributed by atoms with Gasteiger partial charge in [-0.1, -0.05) is 42.2 Å². The highest BCUT2D eigenvalue weighted by atomic mass is 32.2. The van der Waals surface area contributed by atoms with Crippen molar-refractivity contribution in [3.63, 3.8) is 0 Å². The van der Waals surface area contributed by atoms with Gasteiger partial charge in [-0.05, 0) is 41.8 Å². The van der Waals surface area contributed by atoms with Crippen molar-refractivity contribution in [2.45, 2.75) is 6.42 Å². The monoisotopic (exact) mass is 445 g/mol. The van der Waals surface area contributed by atoms with Gasteiger partial charge in [0, 0.05) is 6.54 Å². The van der Waals surface area contributed by atoms with Gasteiger partial charge in [-0.25, -0.2) is 4.79 Å². The van der Waals surface area contributed by atoms with Gasteiger partial charge in [-0.15, -0.1) is 0 Å². The number of ether oxygens (including phenoxy) is 2. The lowest BCUT2D eigenvalue weighted by Gasteiger charge is -2.14. The molecule has 9 heteroatoms. The van der Waals surface area contributed by atoms with Crippen LogP contribution in [0.5, 0.6) is 17.2 Å². The van der Waals surface area contributed by atoms with E-state index in [0.717, 1.165) is 17.3 Å². The van der Waals surface area contributed by atoms with Crippen molar-refractivity contribution in [2.75, 3.05) is 20.8 Å². The molecule has 2 aromatic carbocycles. The molecule has 1 amide bonds. The summed E-state index contributed by atoms with van der Waals surface area (Å²) in [5, 5.41) is 19.0. The summed E-state index contributed by atoms with van der Waals surface area (Å²) in [5.41, 5.74) is 1.18. The van der Waals surface area contributed by atoms with E-state index in [1.807, 2.05) is 0 Å². The zero-order valence-electron chi connectivity index (χ0n) is 16.2. The number of aromatic hydroxyl groups is 1. The van der Waals surface area contributed by atoms with Crippen LogP contribution in [0.3, 0.4) is 0 Å². The number of phenols is 1. The average Bonchev–Trinajstić information content (AvgIpc) is 2.99. The summed E-state index contributed by atoms with van der Waals surface area (Å²) in [6.45, 7) is 0.379. The van der Waals surface area contributed by atoms with Crippen molar-refractivity contribution in [2.24, 2.45) is 0 Å². The number of carboxylic acid groups (broad SMARTS) is 1. The van der Waals surface area contributed by atoms with Crippen LogP contribution in [0.1, 0.15) is 21.5 Å². The van der Waals surface area contributed by atoms with Crippen molar-refractivity contribution in [1.82, 2.24) is 4.90 Å². The molecule has 0 atom stereocenters. The fourth-order valence-corrected chi connectivity index (χ4v) is 4.32. The third kappa shape index (κ3) is 4.42. The largest absolute Gasteiger partial charge is 0.508 e. The number of carboxylic acids is 1. The number of hydrogen-bond donors (Lipinski definition) is 2. The van der Waals surface area contributed by atoms with Gasteiger partial charge in [0.25, 0.3) is 5.91 Å². The summed E-state index contributed by atoms with van der Waals surface area (Å²) >= 11 is 6.47. The summed E-state index contributed by atoms with van der Waals surface area (Å²) in [4.78, 5) is 26.5. The molecule has 1 heterocycles. The molecule has 30 heavy (non-hydrogen) atoms. The normalized spacial score (nSPS) is 15.0. The Morgan fingerprint density at radius 2 is 1.87 bits per heavy atom. The number of phenolic OH excluding ortho intramolecular Hbond substituents is 1. The topological polar surface area (TPSA) is 96.3 Å². The Kier molecular flexibility index (Phi) is 6.63. The number of amides is 1. The Morgan fingerprint density at radius 1 is 1.17 bits per heavy atom. The van der Waals surface area contributed by atoms with Crippen LogP contribution in [-0.2, 0) is 11.2 Å². The molecule has 2 aromatic rings. The van der Waals surface area contributed by atoms with Gasteiger partial charge in [-0.3, -0.25) is 9.69 Å². The molecule has 2 N–H and O–H groups in total. The first-order valence-electron chi connectivity index (χ1n) is 8.87. The summed E-state index contributed by atoms with van der Waals surface area (Å²) < 4.78 is 10.8. The van der Waals surface area contributed by atoms with E-state index in [1.54, 1.807) is 36.4 Å². The van der Waals surface area contributed by atoms with Crippen LogP contribution in [0.15, 0.2) is 41.3 Å². The summed E-state index contributed by atoms with van der Waals surface area (Å²) in [7, 11) is 2.78. The van der Waals surface area contributed by atoms with Gasteiger partial charge in [0.1, 0.15) is 15.6 Å². The third-order valence-corrected chi connectivity index (χ3v) is 5.89. The zero-order chi connectivity index (χ0) is 21.8. The first-order chi connectivity index (χ1) is 14.3. The molecule has 1 aliphatic rings. The van der Waals surface area contributed by atoms with E-state index in [9.17, 15) is 19.8 Å². The Balaban J connectivity index is 1.86. The lowest BCUT2D eigenvalue weighted by atomic mass is 10.0. The molecule has 0 unspecified atom stereocenters. The van der Waals surface area contributed by atoms with Crippen molar-refractivity contribution >= 4 is 46.3 Å². The first-order valence-corrected chi connectivity index (χ1v) is 10.1. The van der Waals surface area contributed by atoms with Crippen LogP contribution in [0.25, 0.3) is 6.08 Å². The van der Waals surface area contributed by atoms with Crippen LogP contribution >= 0.6 is 24.0 Å². The molecule has 0 aromatic heterocycles. The Morgan fingerprint density at radius 3 is 2.47 bits per heavy atom. The minimum absolute atomic E-state index is 0.0848. The number of benzene rings is 2. The van der Waals surface area contributed by atoms with Crippen molar-refractivity contribution in [1.29, 1.82) is 0 Å². The van der Waals surface area contributed by atoms with E-state index >= 15 is 0 Å². The molecule has 0 aliphatic carbocycles. The summed E-state index contributed by atoms with van der Waals surface area (Å²) in [6, 6.07) is 9.89. The lowest BCUT2D eigenvalue weighted by molar-refractivity contribution is -0.122. The molecule has 0 bridgehead atoms. The molecular formula is C21H19NO6S2. The molecule has 7 nitrogen and oxygen atoms in total. The molecule has 0 saturated carbocycles. The van der Waals surface area contributed by atoms with E-state index in [1.165, 1.54) is 25.2 Å². The van der Waals surface area contributed by atoms with Gasteiger partial charge in [0.05, 0.1) is 19.1 Å². The first kappa shape index (κ1) is 21.7. The van der Waals surface area contributed by atoms with E-state index < -0.39 is 5.97 Å². The number of aromatic carboxylic acids is 1. The smallest absolute Gasteiger partial charge is 0.340 e. The minimum atomic E-state index is -1.19. The van der Waals surface area contributed by atoms with Gasteiger partial charge in [0.2, 0.25) is 0 Å². The number of rotatable bonds is 7. The fourth-order valence-electron chi connectivity index (χ4n) is 3.02. The Hall–Kier alpha value is -3.04. The minimum Gasteiger partial charge on any atom is -0.508 e. The number of carbonyl (C=O) groups is 2. The van der Waals surface area contributed by atoms with Crippen LogP contribution in [0, 0.1) is 0 Å². The second-order valence-electron chi connectivity index (χ2n) is 6.32. The SMILES string of the molecule is COc1ccc(/C=C2/SC(=S)N(CCc3ccc(O)cc3)C2=O)c(C(=O)O)c1OC. The number of methoxy groups -OCH3 is 2. The van der Waals surface area contributed by atoms with E-state index in [4.69, 9.17) is 21.7 Å². The highest BCUT2D eigenvalue weighted by Crippen LogP contribution is 2.37. The maximum Gasteiger partial charge on any atom is 0.340 e. The van der Waals surface area contributed by atoms with Crippen molar-refractivity contribution in [3.8, 4) is 17.2 Å². The molecule has 1 saturated heterocycles. The van der Waals surface area contributed by atoms with Crippen molar-refractivity contribution in [3.05, 3.63) is 58.0 Å². The highest BCUT2D eigenvalue weighted by molar-refractivity contribution is 8.26. The van der Waals surface area contributed by atoms with Crippen LogP contribution in [-0.4, -0.2) is 52.1 Å². The molecule has 3 rings (SSSR count). The average molecular weight is 446 g/mol. The lowest BCUT2D eigenvalue weighted by Crippen LogP contribution is -2.30. The Labute approximate surface area is 182 Å². The maximum absolute atomic E-state index is 12.9. The predicted octanol–water partition coefficient (Wildman–Crippen LogP) is 3.55. The highest BCUT2D eigenvalue weighted by Gasteiger charge is 2.32.